The Hall–Kier alpha value is -2.04. The Balaban J connectivity index is 1.59. The number of amides is 2. The predicted molar refractivity (Wildman–Crippen MR) is 96.1 cm³/mol. The van der Waals surface area contributed by atoms with Crippen LogP contribution in [0.4, 0.5) is 11.4 Å². The van der Waals surface area contributed by atoms with Crippen LogP contribution >= 0.6 is 0 Å². The normalized spacial score (nSPS) is 18.2. The Kier molecular flexibility index (Phi) is 4.78. The Morgan fingerprint density at radius 1 is 1.00 bits per heavy atom. The van der Waals surface area contributed by atoms with Gasteiger partial charge in [0.2, 0.25) is 11.8 Å². The molecular weight excluding hydrogens is 302 g/mol. The summed E-state index contributed by atoms with van der Waals surface area (Å²) in [6, 6.07) is 8.16. The number of anilines is 2. The van der Waals surface area contributed by atoms with Crippen LogP contribution in [0.2, 0.25) is 0 Å². The van der Waals surface area contributed by atoms with Gasteiger partial charge in [-0.2, -0.15) is 0 Å². The molecule has 1 aromatic rings. The minimum absolute atomic E-state index is 0.201. The predicted octanol–water partition coefficient (Wildman–Crippen LogP) is 2.92. The Morgan fingerprint density at radius 2 is 1.62 bits per heavy atom. The highest BCUT2D eigenvalue weighted by Gasteiger charge is 2.38. The topological polar surface area (TPSA) is 61.4 Å². The molecule has 0 aromatic heterocycles. The van der Waals surface area contributed by atoms with E-state index in [2.05, 4.69) is 15.5 Å². The van der Waals surface area contributed by atoms with Crippen LogP contribution in [0.3, 0.4) is 0 Å². The number of hydrogen-bond acceptors (Lipinski definition) is 3. The lowest BCUT2D eigenvalue weighted by molar-refractivity contribution is -0.138. The summed E-state index contributed by atoms with van der Waals surface area (Å²) in [5, 5.41) is 5.78. The highest BCUT2D eigenvalue weighted by Crippen LogP contribution is 2.25. The fraction of sp³-hybridized carbons (Fsp3) is 0.579. The van der Waals surface area contributed by atoms with Crippen molar-refractivity contribution in [2.24, 2.45) is 5.41 Å². The number of carbonyl (C=O) groups excluding carboxylic acids is 2. The van der Waals surface area contributed by atoms with Crippen molar-refractivity contribution in [3.8, 4) is 0 Å². The van der Waals surface area contributed by atoms with Gasteiger partial charge >= 0.3 is 0 Å². The lowest BCUT2D eigenvalue weighted by Gasteiger charge is -2.29. The van der Waals surface area contributed by atoms with Gasteiger partial charge in [-0.15, -0.1) is 0 Å². The van der Waals surface area contributed by atoms with E-state index in [-0.39, 0.29) is 17.9 Å². The highest BCUT2D eigenvalue weighted by atomic mass is 16.2. The zero-order valence-corrected chi connectivity index (χ0v) is 14.6. The third-order valence-electron chi connectivity index (χ3n) is 4.89. The quantitative estimate of drug-likeness (QED) is 0.817. The van der Waals surface area contributed by atoms with Crippen molar-refractivity contribution in [1.82, 2.24) is 5.32 Å². The average Bonchev–Trinajstić information content (AvgIpc) is 3.40. The van der Waals surface area contributed by atoms with Crippen LogP contribution < -0.4 is 15.5 Å². The van der Waals surface area contributed by atoms with E-state index in [0.29, 0.717) is 0 Å². The lowest BCUT2D eigenvalue weighted by atomic mass is 9.91. The van der Waals surface area contributed by atoms with Crippen molar-refractivity contribution in [3.63, 3.8) is 0 Å². The van der Waals surface area contributed by atoms with E-state index in [4.69, 9.17) is 0 Å². The van der Waals surface area contributed by atoms with E-state index in [0.717, 1.165) is 31.6 Å². The van der Waals surface area contributed by atoms with Gasteiger partial charge in [0, 0.05) is 30.5 Å². The van der Waals surface area contributed by atoms with Crippen LogP contribution in [0.1, 0.15) is 46.0 Å². The molecule has 2 amide bonds. The van der Waals surface area contributed by atoms with Gasteiger partial charge in [0.15, 0.2) is 0 Å². The minimum Gasteiger partial charge on any atom is -0.372 e. The van der Waals surface area contributed by atoms with Gasteiger partial charge in [-0.1, -0.05) is 0 Å². The molecule has 0 radical (unpaired) electrons. The van der Waals surface area contributed by atoms with Gasteiger partial charge < -0.3 is 15.5 Å². The summed E-state index contributed by atoms with van der Waals surface area (Å²) in [5.74, 6) is -0.473. The molecule has 0 unspecified atom stereocenters. The van der Waals surface area contributed by atoms with Crippen LogP contribution in [0.25, 0.3) is 0 Å². The summed E-state index contributed by atoms with van der Waals surface area (Å²) < 4.78 is 0. The number of rotatable bonds is 5. The number of nitrogens with one attached hydrogen (secondary N) is 2. The second-order valence-corrected chi connectivity index (χ2v) is 7.42. The van der Waals surface area contributed by atoms with E-state index in [9.17, 15) is 9.59 Å². The number of benzene rings is 1. The molecule has 130 valence electrons. The van der Waals surface area contributed by atoms with E-state index in [1.54, 1.807) is 13.8 Å². The van der Waals surface area contributed by atoms with Gasteiger partial charge in [-0.3, -0.25) is 9.59 Å². The van der Waals surface area contributed by atoms with Crippen LogP contribution in [0.15, 0.2) is 24.3 Å². The summed E-state index contributed by atoms with van der Waals surface area (Å²) in [7, 11) is 0. The van der Waals surface area contributed by atoms with Crippen molar-refractivity contribution in [2.75, 3.05) is 23.3 Å². The molecule has 2 fully saturated rings. The molecule has 1 heterocycles. The molecule has 1 aliphatic heterocycles. The van der Waals surface area contributed by atoms with E-state index >= 15 is 0 Å². The standard InChI is InChI=1S/C19H27N3O2/c1-19(2,17(23)20-14-6-7-14)18(24)21-15-8-10-16(11-9-15)22-12-4-3-5-13-22/h8-11,14H,3-7,12-13H2,1-2H3,(H,20,23)(H,21,24). The molecule has 1 saturated carbocycles. The van der Waals surface area contributed by atoms with Gasteiger partial charge in [-0.25, -0.2) is 0 Å². The molecule has 0 atom stereocenters. The molecule has 1 aliphatic carbocycles. The molecular formula is C19H27N3O2. The first kappa shape index (κ1) is 16.8. The van der Waals surface area contributed by atoms with Gasteiger partial charge in [0.1, 0.15) is 5.41 Å². The SMILES string of the molecule is CC(C)(C(=O)Nc1ccc(N2CCCCC2)cc1)C(=O)NC1CC1. The maximum absolute atomic E-state index is 12.5. The van der Waals surface area contributed by atoms with Crippen molar-refractivity contribution in [2.45, 2.75) is 52.0 Å². The first-order valence-corrected chi connectivity index (χ1v) is 8.94. The van der Waals surface area contributed by atoms with Crippen molar-refractivity contribution < 1.29 is 9.59 Å². The lowest BCUT2D eigenvalue weighted by Crippen LogP contribution is -2.45. The summed E-state index contributed by atoms with van der Waals surface area (Å²) in [4.78, 5) is 27.1. The van der Waals surface area contributed by atoms with Crippen molar-refractivity contribution in [1.29, 1.82) is 0 Å². The highest BCUT2D eigenvalue weighted by molar-refractivity contribution is 6.10. The fourth-order valence-electron chi connectivity index (χ4n) is 2.89. The molecule has 3 rings (SSSR count). The average molecular weight is 329 g/mol. The fourth-order valence-corrected chi connectivity index (χ4v) is 2.89. The van der Waals surface area contributed by atoms with Crippen LogP contribution in [0.5, 0.6) is 0 Å². The smallest absolute Gasteiger partial charge is 0.239 e. The van der Waals surface area contributed by atoms with Crippen molar-refractivity contribution in [3.05, 3.63) is 24.3 Å². The van der Waals surface area contributed by atoms with Crippen LogP contribution in [-0.4, -0.2) is 30.9 Å². The number of hydrogen-bond donors (Lipinski definition) is 2. The molecule has 1 aromatic carbocycles. The third-order valence-corrected chi connectivity index (χ3v) is 4.89. The number of nitrogens with zero attached hydrogens (tertiary/aromatic N) is 1. The second kappa shape index (κ2) is 6.83. The molecule has 5 heteroatoms. The van der Waals surface area contributed by atoms with Gasteiger partial charge in [0.05, 0.1) is 0 Å². The minimum atomic E-state index is -1.08. The van der Waals surface area contributed by atoms with Gasteiger partial charge in [0.25, 0.3) is 0 Å². The first-order valence-electron chi connectivity index (χ1n) is 8.94. The summed E-state index contributed by atoms with van der Waals surface area (Å²) in [6.07, 6.45) is 5.82. The summed E-state index contributed by atoms with van der Waals surface area (Å²) >= 11 is 0. The molecule has 2 aliphatic rings. The second-order valence-electron chi connectivity index (χ2n) is 7.42. The summed E-state index contributed by atoms with van der Waals surface area (Å²) in [5.41, 5.74) is 0.847. The molecule has 24 heavy (non-hydrogen) atoms. The van der Waals surface area contributed by atoms with E-state index in [1.807, 2.05) is 24.3 Å². The zero-order valence-electron chi connectivity index (χ0n) is 14.6. The Morgan fingerprint density at radius 3 is 2.21 bits per heavy atom. The number of piperidine rings is 1. The molecule has 5 nitrogen and oxygen atoms in total. The monoisotopic (exact) mass is 329 g/mol. The first-order chi connectivity index (χ1) is 11.5. The Bertz CT molecular complexity index is 600. The molecule has 0 spiro atoms. The number of carbonyl (C=O) groups is 2. The van der Waals surface area contributed by atoms with Gasteiger partial charge in [-0.05, 0) is 70.2 Å². The van der Waals surface area contributed by atoms with E-state index in [1.165, 1.54) is 24.9 Å². The molecule has 2 N–H and O–H groups in total. The summed E-state index contributed by atoms with van der Waals surface area (Å²) in [6.45, 7) is 5.53. The third kappa shape index (κ3) is 3.89. The van der Waals surface area contributed by atoms with Crippen LogP contribution in [-0.2, 0) is 9.59 Å². The molecule has 1 saturated heterocycles. The largest absolute Gasteiger partial charge is 0.372 e. The maximum Gasteiger partial charge on any atom is 0.239 e. The van der Waals surface area contributed by atoms with Crippen LogP contribution in [0, 0.1) is 5.41 Å². The maximum atomic E-state index is 12.5. The molecule has 0 bridgehead atoms. The Labute approximate surface area is 143 Å². The van der Waals surface area contributed by atoms with Crippen molar-refractivity contribution >= 4 is 23.2 Å². The zero-order chi connectivity index (χ0) is 17.2. The van der Waals surface area contributed by atoms with E-state index < -0.39 is 5.41 Å².